The molecule has 0 amide bonds. The second kappa shape index (κ2) is 5.25. The van der Waals surface area contributed by atoms with Crippen molar-refractivity contribution in [1.82, 2.24) is 4.98 Å². The molecule has 9 heteroatoms. The van der Waals surface area contributed by atoms with E-state index in [2.05, 4.69) is 9.71 Å². The number of aromatic nitrogens is 1. The molecule has 1 aromatic heterocycles. The number of aryl methyl sites for hydroxylation is 1. The Morgan fingerprint density at radius 2 is 2.10 bits per heavy atom. The molecule has 0 unspecified atom stereocenters. The van der Waals surface area contributed by atoms with Crippen molar-refractivity contribution in [3.63, 3.8) is 0 Å². The summed E-state index contributed by atoms with van der Waals surface area (Å²) in [4.78, 5) is 13.0. The van der Waals surface area contributed by atoms with Crippen LogP contribution in [-0.2, 0) is 10.0 Å². The number of H-pyrrole nitrogens is 1. The largest absolute Gasteiger partial charge is 0.497 e. The van der Waals surface area contributed by atoms with Crippen LogP contribution in [0.15, 0.2) is 27.2 Å². The molecule has 2 aromatic rings. The molecule has 2 rings (SSSR count). The molecule has 0 spiro atoms. The third-order valence-corrected chi connectivity index (χ3v) is 5.41. The molecule has 1 heterocycles. The summed E-state index contributed by atoms with van der Waals surface area (Å²) in [5.41, 5.74) is -0.0413. The molecule has 0 bridgehead atoms. The minimum absolute atomic E-state index is 0.176. The van der Waals surface area contributed by atoms with Crippen LogP contribution in [0.5, 0.6) is 5.75 Å². The lowest BCUT2D eigenvalue weighted by atomic mass is 10.3. The van der Waals surface area contributed by atoms with Crippen LogP contribution in [0.3, 0.4) is 0 Å². The van der Waals surface area contributed by atoms with Crippen molar-refractivity contribution in [1.29, 1.82) is 0 Å². The number of rotatable bonds is 4. The Kier molecular flexibility index (Phi) is 3.82. The zero-order valence-corrected chi connectivity index (χ0v) is 12.2. The van der Waals surface area contributed by atoms with Crippen LogP contribution in [0.4, 0.5) is 10.1 Å². The summed E-state index contributed by atoms with van der Waals surface area (Å²) in [7, 11) is -2.65. The maximum absolute atomic E-state index is 13.6. The highest BCUT2D eigenvalue weighted by Gasteiger charge is 2.22. The van der Waals surface area contributed by atoms with Crippen LogP contribution >= 0.6 is 11.3 Å². The van der Waals surface area contributed by atoms with Gasteiger partial charge in [0.1, 0.15) is 11.6 Å². The van der Waals surface area contributed by atoms with Crippen molar-refractivity contribution in [2.75, 3.05) is 11.8 Å². The number of nitrogens with one attached hydrogen (secondary N) is 2. The van der Waals surface area contributed by atoms with Crippen LogP contribution in [0.25, 0.3) is 0 Å². The number of anilines is 1. The summed E-state index contributed by atoms with van der Waals surface area (Å²) >= 11 is 0.541. The minimum Gasteiger partial charge on any atom is -0.497 e. The van der Waals surface area contributed by atoms with Gasteiger partial charge in [-0.2, -0.15) is 0 Å². The maximum atomic E-state index is 13.6. The van der Waals surface area contributed by atoms with Gasteiger partial charge >= 0.3 is 4.87 Å². The molecular formula is C11H11FN2O4S2. The maximum Gasteiger partial charge on any atom is 0.306 e. The third kappa shape index (κ3) is 2.83. The van der Waals surface area contributed by atoms with Crippen molar-refractivity contribution >= 4 is 27.0 Å². The summed E-state index contributed by atoms with van der Waals surface area (Å²) in [6.07, 6.45) is 0. The van der Waals surface area contributed by atoms with Gasteiger partial charge in [-0.15, -0.1) is 0 Å². The van der Waals surface area contributed by atoms with E-state index in [1.165, 1.54) is 26.2 Å². The lowest BCUT2D eigenvalue weighted by Gasteiger charge is -2.09. The normalized spacial score (nSPS) is 11.3. The van der Waals surface area contributed by atoms with Gasteiger partial charge in [-0.05, 0) is 19.1 Å². The zero-order chi connectivity index (χ0) is 14.9. The van der Waals surface area contributed by atoms with Crippen molar-refractivity contribution < 1.29 is 17.5 Å². The fraction of sp³-hybridized carbons (Fsp3) is 0.182. The molecule has 2 N–H and O–H groups in total. The van der Waals surface area contributed by atoms with Gasteiger partial charge in [0.15, 0.2) is 4.21 Å². The van der Waals surface area contributed by atoms with Crippen LogP contribution in [0.1, 0.15) is 5.69 Å². The zero-order valence-electron chi connectivity index (χ0n) is 10.6. The highest BCUT2D eigenvalue weighted by molar-refractivity contribution is 7.94. The molecule has 0 atom stereocenters. The number of benzene rings is 1. The SMILES string of the molecule is COc1ccc(F)c(NS(=O)(=O)c2sc(=O)[nH]c2C)c1. The average Bonchev–Trinajstić information content (AvgIpc) is 2.72. The Hall–Kier alpha value is -1.87. The Morgan fingerprint density at radius 3 is 2.65 bits per heavy atom. The van der Waals surface area contributed by atoms with Gasteiger partial charge in [-0.25, -0.2) is 12.8 Å². The van der Waals surface area contributed by atoms with E-state index in [4.69, 9.17) is 4.74 Å². The van der Waals surface area contributed by atoms with Crippen molar-refractivity contribution in [2.45, 2.75) is 11.1 Å². The van der Waals surface area contributed by atoms with E-state index >= 15 is 0 Å². The number of ether oxygens (including phenoxy) is 1. The first-order valence-corrected chi connectivity index (χ1v) is 7.69. The molecule has 1 aromatic carbocycles. The Morgan fingerprint density at radius 1 is 1.40 bits per heavy atom. The smallest absolute Gasteiger partial charge is 0.306 e. The van der Waals surface area contributed by atoms with Crippen molar-refractivity contribution in [2.24, 2.45) is 0 Å². The molecule has 0 fully saturated rings. The quantitative estimate of drug-likeness (QED) is 0.898. The molecule has 0 aliphatic carbocycles. The summed E-state index contributed by atoms with van der Waals surface area (Å²) in [5, 5.41) is 0. The first-order chi connectivity index (χ1) is 9.33. The number of aromatic amines is 1. The number of methoxy groups -OCH3 is 1. The van der Waals surface area contributed by atoms with E-state index in [-0.39, 0.29) is 15.6 Å². The molecule has 0 aliphatic heterocycles. The number of hydrogen-bond acceptors (Lipinski definition) is 5. The molecular weight excluding hydrogens is 307 g/mol. The minimum atomic E-state index is -4.03. The summed E-state index contributed by atoms with van der Waals surface area (Å²) in [5.74, 6) is -0.432. The van der Waals surface area contributed by atoms with Crippen LogP contribution < -0.4 is 14.3 Å². The van der Waals surface area contributed by atoms with Crippen LogP contribution in [0, 0.1) is 12.7 Å². The lowest BCUT2D eigenvalue weighted by molar-refractivity contribution is 0.414. The van der Waals surface area contributed by atoms with Gasteiger partial charge in [0.25, 0.3) is 10.0 Å². The summed E-state index contributed by atoms with van der Waals surface area (Å²) in [6.45, 7) is 1.45. The van der Waals surface area contributed by atoms with E-state index in [0.29, 0.717) is 17.1 Å². The number of sulfonamides is 1. The van der Waals surface area contributed by atoms with Gasteiger partial charge < -0.3 is 9.72 Å². The van der Waals surface area contributed by atoms with E-state index in [9.17, 15) is 17.6 Å². The molecule has 108 valence electrons. The number of thiazole rings is 1. The Bertz CT molecular complexity index is 795. The van der Waals surface area contributed by atoms with Crippen molar-refractivity contribution in [3.8, 4) is 5.75 Å². The second-order valence-electron chi connectivity index (χ2n) is 3.88. The van der Waals surface area contributed by atoms with Crippen LogP contribution in [0.2, 0.25) is 0 Å². The Balaban J connectivity index is 2.43. The molecule has 0 saturated carbocycles. The lowest BCUT2D eigenvalue weighted by Crippen LogP contribution is -2.13. The number of halogens is 1. The van der Waals surface area contributed by atoms with Gasteiger partial charge in [0, 0.05) is 11.8 Å². The first kappa shape index (κ1) is 14.5. The molecule has 0 radical (unpaired) electrons. The fourth-order valence-electron chi connectivity index (χ4n) is 1.55. The Labute approximate surface area is 118 Å². The predicted octanol–water partition coefficient (Wildman–Crippen LogP) is 1.69. The van der Waals surface area contributed by atoms with Gasteiger partial charge in [0.05, 0.1) is 12.8 Å². The highest BCUT2D eigenvalue weighted by atomic mass is 32.2. The van der Waals surface area contributed by atoms with E-state index < -0.39 is 20.7 Å². The highest BCUT2D eigenvalue weighted by Crippen LogP contribution is 2.25. The monoisotopic (exact) mass is 318 g/mol. The summed E-state index contributed by atoms with van der Waals surface area (Å²) < 4.78 is 44.7. The van der Waals surface area contributed by atoms with Crippen molar-refractivity contribution in [3.05, 3.63) is 39.4 Å². The molecule has 6 nitrogen and oxygen atoms in total. The van der Waals surface area contributed by atoms with Crippen LogP contribution in [-0.4, -0.2) is 20.5 Å². The summed E-state index contributed by atoms with van der Waals surface area (Å²) in [6, 6.07) is 3.67. The molecule has 0 aliphatic rings. The van der Waals surface area contributed by atoms with Gasteiger partial charge in [-0.1, -0.05) is 11.3 Å². The standard InChI is InChI=1S/C11H11FN2O4S2/c1-6-10(19-11(15)13-6)20(16,17)14-9-5-7(18-2)3-4-8(9)12/h3-5,14H,1-2H3,(H,13,15). The van der Waals surface area contributed by atoms with Gasteiger partial charge in [-0.3, -0.25) is 9.52 Å². The molecule has 0 saturated heterocycles. The number of hydrogen-bond donors (Lipinski definition) is 2. The van der Waals surface area contributed by atoms with E-state index in [0.717, 1.165) is 6.07 Å². The second-order valence-corrected chi connectivity index (χ2v) is 6.74. The fourth-order valence-corrected chi connectivity index (χ4v) is 3.91. The topological polar surface area (TPSA) is 88.3 Å². The van der Waals surface area contributed by atoms with E-state index in [1.54, 1.807) is 0 Å². The first-order valence-electron chi connectivity index (χ1n) is 5.39. The van der Waals surface area contributed by atoms with E-state index in [1.807, 2.05) is 0 Å². The average molecular weight is 318 g/mol. The van der Waals surface area contributed by atoms with Gasteiger partial charge in [0.2, 0.25) is 0 Å². The third-order valence-electron chi connectivity index (χ3n) is 2.44. The predicted molar refractivity (Wildman–Crippen MR) is 73.4 cm³/mol. The molecule has 20 heavy (non-hydrogen) atoms.